The van der Waals surface area contributed by atoms with Gasteiger partial charge in [0, 0.05) is 19.3 Å². The van der Waals surface area contributed by atoms with Crippen molar-refractivity contribution in [3.63, 3.8) is 0 Å². The molecule has 1 aliphatic rings. The zero-order chi connectivity index (χ0) is 14.2. The summed E-state index contributed by atoms with van der Waals surface area (Å²) in [5, 5.41) is 12.4. The predicted octanol–water partition coefficient (Wildman–Crippen LogP) is 2.98. The molecule has 2 rings (SSSR count). The highest BCUT2D eigenvalue weighted by Gasteiger charge is 2.37. The van der Waals surface area contributed by atoms with E-state index < -0.39 is 18.0 Å². The van der Waals surface area contributed by atoms with Crippen LogP contribution >= 0.6 is 15.9 Å². The van der Waals surface area contributed by atoms with Gasteiger partial charge in [-0.25, -0.2) is 4.79 Å². The van der Waals surface area contributed by atoms with Gasteiger partial charge in [0.1, 0.15) is 0 Å². The van der Waals surface area contributed by atoms with Crippen molar-refractivity contribution in [2.24, 2.45) is 0 Å². The molecule has 5 nitrogen and oxygen atoms in total. The molecule has 1 saturated heterocycles. The maximum atomic E-state index is 12.6. The number of carboxylic acid groups (broad SMARTS) is 1. The summed E-state index contributed by atoms with van der Waals surface area (Å²) in [7, 11) is 0. The molecule has 0 atom stereocenters. The molecule has 0 saturated carbocycles. The molecule has 9 heteroatoms. The molecule has 1 fully saturated rings. The summed E-state index contributed by atoms with van der Waals surface area (Å²) >= 11 is 2.85. The Labute approximate surface area is 115 Å². The van der Waals surface area contributed by atoms with Gasteiger partial charge in [-0.2, -0.15) is 18.3 Å². The molecule has 2 heterocycles. The third-order valence-electron chi connectivity index (χ3n) is 3.06. The topological polar surface area (TPSA) is 58.4 Å². The number of hydrogen-bond acceptors (Lipinski definition) is 2. The van der Waals surface area contributed by atoms with Crippen LogP contribution in [0.3, 0.4) is 0 Å². The molecular weight excluding hydrogens is 331 g/mol. The summed E-state index contributed by atoms with van der Waals surface area (Å²) in [6.45, 7) is 0.609. The molecule has 1 aromatic rings. The van der Waals surface area contributed by atoms with Crippen molar-refractivity contribution in [2.45, 2.75) is 25.1 Å². The van der Waals surface area contributed by atoms with Crippen LogP contribution in [0, 0.1) is 0 Å². The molecule has 19 heavy (non-hydrogen) atoms. The van der Waals surface area contributed by atoms with Crippen molar-refractivity contribution < 1.29 is 23.1 Å². The van der Waals surface area contributed by atoms with Crippen LogP contribution in [0.5, 0.6) is 0 Å². The largest absolute Gasteiger partial charge is 0.465 e. The van der Waals surface area contributed by atoms with E-state index in [4.69, 9.17) is 5.11 Å². The minimum atomic E-state index is -4.49. The van der Waals surface area contributed by atoms with Crippen LogP contribution in [-0.4, -0.2) is 39.0 Å². The Balaban J connectivity index is 2.10. The van der Waals surface area contributed by atoms with Crippen molar-refractivity contribution >= 4 is 22.0 Å². The van der Waals surface area contributed by atoms with Crippen molar-refractivity contribution in [3.05, 3.63) is 16.4 Å². The Morgan fingerprint density at radius 1 is 1.42 bits per heavy atom. The highest BCUT2D eigenvalue weighted by Crippen LogP contribution is 2.35. The van der Waals surface area contributed by atoms with Crippen LogP contribution in [0.15, 0.2) is 10.7 Å². The van der Waals surface area contributed by atoms with Crippen LogP contribution in [0.4, 0.5) is 18.0 Å². The van der Waals surface area contributed by atoms with Crippen molar-refractivity contribution in [2.75, 3.05) is 13.1 Å². The van der Waals surface area contributed by atoms with Gasteiger partial charge in [0.15, 0.2) is 5.69 Å². The van der Waals surface area contributed by atoms with Gasteiger partial charge in [-0.1, -0.05) is 0 Å². The number of aromatic nitrogens is 2. The standard InChI is InChI=1S/C10H11BrF3N3O2/c11-7-5-17(15-8(7)10(12,13)14)6-1-3-16(4-2-6)9(18)19/h5-6H,1-4H2,(H,18,19). The Morgan fingerprint density at radius 2 is 2.00 bits per heavy atom. The Kier molecular flexibility index (Phi) is 3.75. The number of carbonyl (C=O) groups is 1. The molecule has 1 aromatic heterocycles. The summed E-state index contributed by atoms with van der Waals surface area (Å²) < 4.78 is 39.0. The summed E-state index contributed by atoms with van der Waals surface area (Å²) in [6, 6.07) is -0.206. The number of rotatable bonds is 1. The van der Waals surface area contributed by atoms with Gasteiger partial charge in [-0.3, -0.25) is 4.68 Å². The SMILES string of the molecule is O=C(O)N1CCC(n2cc(Br)c(C(F)(F)F)n2)CC1. The first kappa shape index (κ1) is 14.2. The highest BCUT2D eigenvalue weighted by molar-refractivity contribution is 9.10. The van der Waals surface area contributed by atoms with Crippen molar-refractivity contribution in [1.82, 2.24) is 14.7 Å². The number of alkyl halides is 3. The number of nitrogens with zero attached hydrogens (tertiary/aromatic N) is 3. The van der Waals surface area contributed by atoms with E-state index in [1.165, 1.54) is 15.8 Å². The number of piperidine rings is 1. The maximum Gasteiger partial charge on any atom is 0.436 e. The molecule has 0 bridgehead atoms. The fourth-order valence-electron chi connectivity index (χ4n) is 2.07. The van der Waals surface area contributed by atoms with Crippen LogP contribution in [0.25, 0.3) is 0 Å². The van der Waals surface area contributed by atoms with Crippen LogP contribution in [-0.2, 0) is 6.18 Å². The van der Waals surface area contributed by atoms with Gasteiger partial charge < -0.3 is 10.0 Å². The minimum Gasteiger partial charge on any atom is -0.465 e. The summed E-state index contributed by atoms with van der Waals surface area (Å²) in [5.41, 5.74) is -0.951. The minimum absolute atomic E-state index is 0.0966. The van der Waals surface area contributed by atoms with Crippen LogP contribution in [0.2, 0.25) is 0 Å². The summed E-state index contributed by atoms with van der Waals surface area (Å²) in [6.07, 6.45) is -3.29. The van der Waals surface area contributed by atoms with E-state index in [1.54, 1.807) is 0 Å². The number of likely N-dealkylation sites (tertiary alicyclic amines) is 1. The maximum absolute atomic E-state index is 12.6. The third kappa shape index (κ3) is 3.02. The lowest BCUT2D eigenvalue weighted by Gasteiger charge is -2.30. The smallest absolute Gasteiger partial charge is 0.436 e. The molecule has 0 spiro atoms. The molecule has 0 unspecified atom stereocenters. The predicted molar refractivity (Wildman–Crippen MR) is 62.8 cm³/mol. The average molecular weight is 342 g/mol. The van der Waals surface area contributed by atoms with Crippen molar-refractivity contribution in [3.8, 4) is 0 Å². The van der Waals surface area contributed by atoms with E-state index in [2.05, 4.69) is 21.0 Å². The first-order valence-corrected chi connectivity index (χ1v) is 6.38. The zero-order valence-electron chi connectivity index (χ0n) is 9.69. The first-order chi connectivity index (χ1) is 8.79. The second kappa shape index (κ2) is 5.03. The molecule has 1 amide bonds. The highest BCUT2D eigenvalue weighted by atomic mass is 79.9. The first-order valence-electron chi connectivity index (χ1n) is 5.58. The quantitative estimate of drug-likeness (QED) is 0.854. The van der Waals surface area contributed by atoms with E-state index in [1.807, 2.05) is 0 Å². The Bertz CT molecular complexity index is 481. The van der Waals surface area contributed by atoms with Gasteiger partial charge in [-0.15, -0.1) is 0 Å². The van der Waals surface area contributed by atoms with E-state index in [-0.39, 0.29) is 10.5 Å². The van der Waals surface area contributed by atoms with Crippen molar-refractivity contribution in [1.29, 1.82) is 0 Å². The molecule has 0 radical (unpaired) electrons. The monoisotopic (exact) mass is 341 g/mol. The second-order valence-corrected chi connectivity index (χ2v) is 5.16. The lowest BCUT2D eigenvalue weighted by molar-refractivity contribution is -0.142. The molecule has 0 aliphatic carbocycles. The molecule has 106 valence electrons. The second-order valence-electron chi connectivity index (χ2n) is 4.30. The third-order valence-corrected chi connectivity index (χ3v) is 3.65. The summed E-state index contributed by atoms with van der Waals surface area (Å²) in [5.74, 6) is 0. The Hall–Kier alpha value is -1.25. The fraction of sp³-hybridized carbons (Fsp3) is 0.600. The van der Waals surface area contributed by atoms with E-state index in [0.29, 0.717) is 25.9 Å². The molecular formula is C10H11BrF3N3O2. The summed E-state index contributed by atoms with van der Waals surface area (Å²) in [4.78, 5) is 12.0. The normalized spacial score (nSPS) is 17.8. The van der Waals surface area contributed by atoms with Gasteiger partial charge in [0.2, 0.25) is 0 Å². The average Bonchev–Trinajstić information content (AvgIpc) is 2.71. The molecule has 1 aliphatic heterocycles. The molecule has 1 N–H and O–H groups in total. The fourth-order valence-corrected chi connectivity index (χ4v) is 2.58. The van der Waals surface area contributed by atoms with E-state index in [0.717, 1.165) is 0 Å². The van der Waals surface area contributed by atoms with Gasteiger partial charge in [-0.05, 0) is 28.8 Å². The van der Waals surface area contributed by atoms with Crippen LogP contribution < -0.4 is 0 Å². The van der Waals surface area contributed by atoms with Gasteiger partial charge in [0.25, 0.3) is 0 Å². The lowest BCUT2D eigenvalue weighted by atomic mass is 10.1. The van der Waals surface area contributed by atoms with Gasteiger partial charge in [0.05, 0.1) is 10.5 Å². The lowest BCUT2D eigenvalue weighted by Crippen LogP contribution is -2.38. The van der Waals surface area contributed by atoms with Gasteiger partial charge >= 0.3 is 12.3 Å². The molecule has 0 aromatic carbocycles. The van der Waals surface area contributed by atoms with E-state index >= 15 is 0 Å². The number of amides is 1. The van der Waals surface area contributed by atoms with E-state index in [9.17, 15) is 18.0 Å². The number of hydrogen-bond donors (Lipinski definition) is 1. The Morgan fingerprint density at radius 3 is 2.42 bits per heavy atom. The zero-order valence-corrected chi connectivity index (χ0v) is 11.3. The number of halogens is 4. The van der Waals surface area contributed by atoms with Crippen LogP contribution in [0.1, 0.15) is 24.6 Å².